The van der Waals surface area contributed by atoms with Gasteiger partial charge in [-0.1, -0.05) is 29.8 Å². The van der Waals surface area contributed by atoms with Crippen LogP contribution < -0.4 is 16.0 Å². The SMILES string of the molecule is COCCN1CCc2ccc(Nc3ncc(Cl)c(Nc4c(F)cccc4CNCCC#N)n3)cc2CC1. The second-order valence-corrected chi connectivity index (χ2v) is 9.22. The second kappa shape index (κ2) is 13.3. The predicted molar refractivity (Wildman–Crippen MR) is 144 cm³/mol. The molecule has 2 heterocycles. The number of benzene rings is 2. The third-order valence-corrected chi connectivity index (χ3v) is 6.56. The Balaban J connectivity index is 1.47. The number of para-hydroxylation sites is 1. The highest BCUT2D eigenvalue weighted by Gasteiger charge is 2.16. The molecule has 2 aromatic carbocycles. The topological polar surface area (TPSA) is 98.1 Å². The molecule has 4 rings (SSSR count). The molecular weight excluding hydrogens is 493 g/mol. The molecule has 0 amide bonds. The third-order valence-electron chi connectivity index (χ3n) is 6.29. The highest BCUT2D eigenvalue weighted by Crippen LogP contribution is 2.29. The molecule has 0 saturated carbocycles. The van der Waals surface area contributed by atoms with Crippen molar-refractivity contribution >= 4 is 34.7 Å². The van der Waals surface area contributed by atoms with Crippen LogP contribution in [-0.2, 0) is 24.1 Å². The summed E-state index contributed by atoms with van der Waals surface area (Å²) in [7, 11) is 1.73. The first-order valence-corrected chi connectivity index (χ1v) is 12.7. The van der Waals surface area contributed by atoms with Crippen LogP contribution in [0.2, 0.25) is 5.02 Å². The van der Waals surface area contributed by atoms with E-state index in [9.17, 15) is 4.39 Å². The first-order valence-electron chi connectivity index (χ1n) is 12.3. The summed E-state index contributed by atoms with van der Waals surface area (Å²) in [5.41, 5.74) is 4.51. The number of methoxy groups -OCH3 is 1. The van der Waals surface area contributed by atoms with E-state index in [0.717, 1.165) is 44.8 Å². The van der Waals surface area contributed by atoms with Gasteiger partial charge in [0.25, 0.3) is 0 Å². The minimum atomic E-state index is -0.422. The van der Waals surface area contributed by atoms with Crippen molar-refractivity contribution < 1.29 is 9.13 Å². The molecule has 0 spiro atoms. The number of nitrogens with zero attached hydrogens (tertiary/aromatic N) is 4. The van der Waals surface area contributed by atoms with Crippen LogP contribution in [0.15, 0.2) is 42.6 Å². The monoisotopic (exact) mass is 523 g/mol. The molecule has 194 valence electrons. The van der Waals surface area contributed by atoms with E-state index in [1.165, 1.54) is 23.4 Å². The minimum Gasteiger partial charge on any atom is -0.383 e. The molecule has 3 aromatic rings. The summed E-state index contributed by atoms with van der Waals surface area (Å²) in [6.07, 6.45) is 3.82. The van der Waals surface area contributed by atoms with E-state index in [4.69, 9.17) is 21.6 Å². The number of ether oxygens (including phenoxy) is 1. The molecule has 0 radical (unpaired) electrons. The molecule has 0 aliphatic carbocycles. The Kier molecular flexibility index (Phi) is 9.63. The van der Waals surface area contributed by atoms with E-state index >= 15 is 0 Å². The average Bonchev–Trinajstić information content (AvgIpc) is 3.11. The van der Waals surface area contributed by atoms with Gasteiger partial charge in [0.15, 0.2) is 5.82 Å². The smallest absolute Gasteiger partial charge is 0.229 e. The van der Waals surface area contributed by atoms with Crippen LogP contribution >= 0.6 is 11.6 Å². The number of hydrogen-bond donors (Lipinski definition) is 3. The number of anilines is 4. The van der Waals surface area contributed by atoms with Crippen LogP contribution in [-0.4, -0.2) is 54.8 Å². The molecule has 3 N–H and O–H groups in total. The second-order valence-electron chi connectivity index (χ2n) is 8.82. The van der Waals surface area contributed by atoms with E-state index in [0.29, 0.717) is 36.8 Å². The third kappa shape index (κ3) is 7.37. The van der Waals surface area contributed by atoms with Gasteiger partial charge in [-0.05, 0) is 47.7 Å². The molecular formula is C27H31ClFN7O. The Morgan fingerprint density at radius 2 is 2.00 bits per heavy atom. The quantitative estimate of drug-likeness (QED) is 0.308. The molecule has 1 aliphatic heterocycles. The highest BCUT2D eigenvalue weighted by molar-refractivity contribution is 6.32. The molecule has 8 nitrogen and oxygen atoms in total. The lowest BCUT2D eigenvalue weighted by atomic mass is 10.0. The Morgan fingerprint density at radius 1 is 1.16 bits per heavy atom. The first kappa shape index (κ1) is 26.8. The summed E-state index contributed by atoms with van der Waals surface area (Å²) in [5, 5.41) is 18.4. The van der Waals surface area contributed by atoms with Crippen molar-refractivity contribution in [1.29, 1.82) is 5.26 Å². The van der Waals surface area contributed by atoms with Gasteiger partial charge in [-0.3, -0.25) is 0 Å². The molecule has 0 unspecified atom stereocenters. The number of fused-ring (bicyclic) bond motifs is 1. The maximum Gasteiger partial charge on any atom is 0.229 e. The van der Waals surface area contributed by atoms with Gasteiger partial charge in [0.2, 0.25) is 5.95 Å². The van der Waals surface area contributed by atoms with Crippen molar-refractivity contribution in [2.24, 2.45) is 0 Å². The highest BCUT2D eigenvalue weighted by atomic mass is 35.5. The van der Waals surface area contributed by atoms with Gasteiger partial charge in [0, 0.05) is 51.9 Å². The number of hydrogen-bond acceptors (Lipinski definition) is 8. The largest absolute Gasteiger partial charge is 0.383 e. The summed E-state index contributed by atoms with van der Waals surface area (Å²) in [5.74, 6) is 0.229. The maximum absolute atomic E-state index is 14.7. The zero-order chi connectivity index (χ0) is 26.0. The molecule has 10 heteroatoms. The summed E-state index contributed by atoms with van der Waals surface area (Å²) < 4.78 is 20.0. The van der Waals surface area contributed by atoms with Crippen molar-refractivity contribution in [3.8, 4) is 6.07 Å². The minimum absolute atomic E-state index is 0.273. The molecule has 0 bridgehead atoms. The lowest BCUT2D eigenvalue weighted by molar-refractivity contribution is 0.150. The predicted octanol–water partition coefficient (Wildman–Crippen LogP) is 4.81. The van der Waals surface area contributed by atoms with E-state index in [1.807, 2.05) is 12.1 Å². The van der Waals surface area contributed by atoms with Crippen LogP contribution in [0.25, 0.3) is 0 Å². The van der Waals surface area contributed by atoms with Gasteiger partial charge in [-0.25, -0.2) is 9.37 Å². The lowest BCUT2D eigenvalue weighted by Crippen LogP contribution is -2.29. The van der Waals surface area contributed by atoms with Crippen molar-refractivity contribution in [1.82, 2.24) is 20.2 Å². The molecule has 0 atom stereocenters. The summed E-state index contributed by atoms with van der Waals surface area (Å²) in [4.78, 5) is 11.3. The molecule has 0 fully saturated rings. The molecule has 0 saturated heterocycles. The average molecular weight is 524 g/mol. The Labute approximate surface area is 221 Å². The van der Waals surface area contributed by atoms with Gasteiger partial charge in [0.1, 0.15) is 10.8 Å². The number of nitriles is 1. The van der Waals surface area contributed by atoms with Crippen molar-refractivity contribution in [3.63, 3.8) is 0 Å². The van der Waals surface area contributed by atoms with E-state index < -0.39 is 5.82 Å². The van der Waals surface area contributed by atoms with Crippen molar-refractivity contribution in [2.45, 2.75) is 25.8 Å². The molecule has 1 aromatic heterocycles. The Hall–Kier alpha value is -3.29. The molecule has 1 aliphatic rings. The van der Waals surface area contributed by atoms with Crippen molar-refractivity contribution in [3.05, 3.63) is 70.1 Å². The lowest BCUT2D eigenvalue weighted by Gasteiger charge is -2.18. The van der Waals surface area contributed by atoms with Gasteiger partial charge in [-0.15, -0.1) is 0 Å². The maximum atomic E-state index is 14.7. The first-order chi connectivity index (χ1) is 18.1. The zero-order valence-electron chi connectivity index (χ0n) is 20.9. The van der Waals surface area contributed by atoms with Crippen LogP contribution in [0.1, 0.15) is 23.1 Å². The normalized spacial score (nSPS) is 13.5. The van der Waals surface area contributed by atoms with Gasteiger partial charge < -0.3 is 25.6 Å². The van der Waals surface area contributed by atoms with Gasteiger partial charge in [0.05, 0.1) is 24.6 Å². The fraction of sp³-hybridized carbons (Fsp3) is 0.370. The van der Waals surface area contributed by atoms with Gasteiger partial charge in [-0.2, -0.15) is 10.2 Å². The van der Waals surface area contributed by atoms with Crippen molar-refractivity contribution in [2.75, 3.05) is 50.5 Å². The van der Waals surface area contributed by atoms with Crippen LogP contribution in [0, 0.1) is 17.1 Å². The fourth-order valence-corrected chi connectivity index (χ4v) is 4.42. The van der Waals surface area contributed by atoms with E-state index in [1.54, 1.807) is 13.2 Å². The van der Waals surface area contributed by atoms with E-state index in [-0.39, 0.29) is 10.7 Å². The van der Waals surface area contributed by atoms with Crippen LogP contribution in [0.5, 0.6) is 0 Å². The number of nitrogens with one attached hydrogen (secondary N) is 3. The Bertz CT molecular complexity index is 1250. The zero-order valence-corrected chi connectivity index (χ0v) is 21.6. The number of halogens is 2. The standard InChI is InChI=1S/C27H31ClFN7O/c1-37-15-14-36-12-8-19-6-7-22(16-20(19)9-13-36)33-27-32-18-23(28)26(35-27)34-25-21(4-2-5-24(25)29)17-31-11-3-10-30/h2,4-7,16,18,31H,3,8-9,11-15,17H2,1H3,(H2,32,33,34,35). The summed E-state index contributed by atoms with van der Waals surface area (Å²) in [6, 6.07) is 13.2. The van der Waals surface area contributed by atoms with Crippen LogP contribution in [0.3, 0.4) is 0 Å². The summed E-state index contributed by atoms with van der Waals surface area (Å²) in [6.45, 7) is 4.59. The summed E-state index contributed by atoms with van der Waals surface area (Å²) >= 11 is 6.36. The fourth-order valence-electron chi connectivity index (χ4n) is 4.28. The van der Waals surface area contributed by atoms with Gasteiger partial charge >= 0.3 is 0 Å². The van der Waals surface area contributed by atoms with E-state index in [2.05, 4.69) is 49.0 Å². The Morgan fingerprint density at radius 3 is 2.81 bits per heavy atom. The number of rotatable bonds is 11. The molecule has 37 heavy (non-hydrogen) atoms. The van der Waals surface area contributed by atoms with Crippen LogP contribution in [0.4, 0.5) is 27.5 Å². The number of aromatic nitrogens is 2.